The SMILES string of the molecule is NCC(C(=O)O)c1cc(F)ncc1F. The molecule has 1 atom stereocenters. The van der Waals surface area contributed by atoms with E-state index in [1.54, 1.807) is 0 Å². The summed E-state index contributed by atoms with van der Waals surface area (Å²) in [7, 11) is 0. The summed E-state index contributed by atoms with van der Waals surface area (Å²) in [4.78, 5) is 13.6. The second kappa shape index (κ2) is 4.10. The maximum absolute atomic E-state index is 13.0. The Balaban J connectivity index is 3.15. The Morgan fingerprint density at radius 3 is 2.79 bits per heavy atom. The summed E-state index contributed by atoms with van der Waals surface area (Å²) < 4.78 is 25.6. The number of carboxylic acid groups (broad SMARTS) is 1. The van der Waals surface area contributed by atoms with Gasteiger partial charge in [-0.15, -0.1) is 0 Å². The van der Waals surface area contributed by atoms with Gasteiger partial charge < -0.3 is 10.8 Å². The van der Waals surface area contributed by atoms with Crippen molar-refractivity contribution < 1.29 is 18.7 Å². The van der Waals surface area contributed by atoms with Gasteiger partial charge in [-0.05, 0) is 0 Å². The number of aliphatic carboxylic acids is 1. The van der Waals surface area contributed by atoms with Crippen LogP contribution < -0.4 is 5.73 Å². The van der Waals surface area contributed by atoms with Crippen molar-refractivity contribution in [3.05, 3.63) is 29.6 Å². The third kappa shape index (κ3) is 2.02. The van der Waals surface area contributed by atoms with Gasteiger partial charge in [0.1, 0.15) is 5.82 Å². The molecule has 0 aromatic carbocycles. The third-order valence-corrected chi connectivity index (χ3v) is 1.76. The minimum atomic E-state index is -1.29. The van der Waals surface area contributed by atoms with Crippen LogP contribution in [-0.2, 0) is 4.79 Å². The van der Waals surface area contributed by atoms with Crippen molar-refractivity contribution in [3.8, 4) is 0 Å². The number of hydrogen-bond donors (Lipinski definition) is 2. The van der Waals surface area contributed by atoms with E-state index in [2.05, 4.69) is 4.98 Å². The van der Waals surface area contributed by atoms with Crippen molar-refractivity contribution in [2.24, 2.45) is 5.73 Å². The molecule has 1 unspecified atom stereocenters. The van der Waals surface area contributed by atoms with Crippen molar-refractivity contribution >= 4 is 5.97 Å². The maximum Gasteiger partial charge on any atom is 0.312 e. The number of nitrogens with two attached hydrogens (primary N) is 1. The van der Waals surface area contributed by atoms with Gasteiger partial charge in [0.25, 0.3) is 0 Å². The molecule has 0 aliphatic heterocycles. The fourth-order valence-electron chi connectivity index (χ4n) is 1.06. The van der Waals surface area contributed by atoms with E-state index >= 15 is 0 Å². The molecule has 0 bridgehead atoms. The van der Waals surface area contributed by atoms with Crippen LogP contribution in [0.15, 0.2) is 12.3 Å². The van der Waals surface area contributed by atoms with Crippen molar-refractivity contribution in [2.45, 2.75) is 5.92 Å². The molecule has 0 spiro atoms. The molecule has 0 amide bonds. The second-order valence-corrected chi connectivity index (χ2v) is 2.66. The summed E-state index contributed by atoms with van der Waals surface area (Å²) in [5.74, 6) is -4.34. The van der Waals surface area contributed by atoms with Crippen LogP contribution >= 0.6 is 0 Å². The maximum atomic E-state index is 13.0. The Kier molecular flexibility index (Phi) is 3.08. The van der Waals surface area contributed by atoms with Gasteiger partial charge in [0.05, 0.1) is 12.1 Å². The molecule has 14 heavy (non-hydrogen) atoms. The van der Waals surface area contributed by atoms with Crippen LogP contribution in [0.2, 0.25) is 0 Å². The van der Waals surface area contributed by atoms with Gasteiger partial charge >= 0.3 is 5.97 Å². The molecule has 1 aromatic rings. The van der Waals surface area contributed by atoms with Crippen LogP contribution in [0.1, 0.15) is 11.5 Å². The third-order valence-electron chi connectivity index (χ3n) is 1.76. The van der Waals surface area contributed by atoms with E-state index in [9.17, 15) is 13.6 Å². The van der Waals surface area contributed by atoms with Gasteiger partial charge in [-0.1, -0.05) is 0 Å². The molecule has 0 radical (unpaired) electrons. The molecule has 1 aromatic heterocycles. The van der Waals surface area contributed by atoms with Crippen molar-refractivity contribution in [1.29, 1.82) is 0 Å². The lowest BCUT2D eigenvalue weighted by atomic mass is 10.0. The monoisotopic (exact) mass is 202 g/mol. The normalized spacial score (nSPS) is 12.5. The number of nitrogens with zero attached hydrogens (tertiary/aromatic N) is 1. The van der Waals surface area contributed by atoms with E-state index in [0.717, 1.165) is 6.07 Å². The molecule has 76 valence electrons. The average Bonchev–Trinajstić information content (AvgIpc) is 2.11. The molecule has 0 aliphatic carbocycles. The topological polar surface area (TPSA) is 76.2 Å². The van der Waals surface area contributed by atoms with E-state index in [-0.39, 0.29) is 12.1 Å². The molecular formula is C8H8F2N2O2. The Bertz CT molecular complexity index is 357. The summed E-state index contributed by atoms with van der Waals surface area (Å²) in [6.07, 6.45) is 0.635. The predicted molar refractivity (Wildman–Crippen MR) is 43.6 cm³/mol. The summed E-state index contributed by atoms with van der Waals surface area (Å²) in [6.45, 7) is -0.296. The Morgan fingerprint density at radius 2 is 2.29 bits per heavy atom. The van der Waals surface area contributed by atoms with E-state index in [1.807, 2.05) is 0 Å². The van der Waals surface area contributed by atoms with E-state index in [4.69, 9.17) is 10.8 Å². The molecular weight excluding hydrogens is 194 g/mol. The zero-order valence-electron chi connectivity index (χ0n) is 7.08. The number of rotatable bonds is 3. The minimum absolute atomic E-state index is 0.285. The van der Waals surface area contributed by atoms with Gasteiger partial charge in [-0.2, -0.15) is 4.39 Å². The number of aromatic nitrogens is 1. The first-order valence-electron chi connectivity index (χ1n) is 3.80. The van der Waals surface area contributed by atoms with Crippen LogP contribution in [0.5, 0.6) is 0 Å². The molecule has 0 fully saturated rings. The first-order chi connectivity index (χ1) is 6.56. The quantitative estimate of drug-likeness (QED) is 0.699. The van der Waals surface area contributed by atoms with Crippen molar-refractivity contribution in [3.63, 3.8) is 0 Å². The lowest BCUT2D eigenvalue weighted by Crippen LogP contribution is -2.22. The zero-order chi connectivity index (χ0) is 10.7. The van der Waals surface area contributed by atoms with Crippen molar-refractivity contribution in [1.82, 2.24) is 4.98 Å². The highest BCUT2D eigenvalue weighted by Crippen LogP contribution is 2.18. The van der Waals surface area contributed by atoms with Crippen LogP contribution in [-0.4, -0.2) is 22.6 Å². The number of halogens is 2. The number of carboxylic acids is 1. The highest BCUT2D eigenvalue weighted by molar-refractivity contribution is 5.76. The highest BCUT2D eigenvalue weighted by Gasteiger charge is 2.22. The molecule has 1 heterocycles. The fraction of sp³-hybridized carbons (Fsp3) is 0.250. The molecule has 6 heteroatoms. The standard InChI is InChI=1S/C8H8F2N2O2/c9-6-3-12-7(10)1-4(6)5(2-11)8(13)14/h1,3,5H,2,11H2,(H,13,14). The fourth-order valence-corrected chi connectivity index (χ4v) is 1.06. The van der Waals surface area contributed by atoms with E-state index < -0.39 is 23.7 Å². The largest absolute Gasteiger partial charge is 0.481 e. The van der Waals surface area contributed by atoms with Crippen LogP contribution in [0, 0.1) is 11.8 Å². The first-order valence-corrected chi connectivity index (χ1v) is 3.80. The predicted octanol–water partition coefficient (Wildman–Crippen LogP) is 0.487. The molecule has 0 saturated heterocycles. The van der Waals surface area contributed by atoms with Gasteiger partial charge in [-0.3, -0.25) is 4.79 Å². The number of carbonyl (C=O) groups is 1. The Hall–Kier alpha value is -1.56. The molecule has 0 saturated carbocycles. The Labute approximate surface area is 78.4 Å². The summed E-state index contributed by atoms with van der Waals surface area (Å²) in [5.41, 5.74) is 4.85. The number of pyridine rings is 1. The van der Waals surface area contributed by atoms with Gasteiger partial charge in [0.2, 0.25) is 5.95 Å². The van der Waals surface area contributed by atoms with Crippen molar-refractivity contribution in [2.75, 3.05) is 6.54 Å². The zero-order valence-corrected chi connectivity index (χ0v) is 7.08. The van der Waals surface area contributed by atoms with Gasteiger partial charge in [0.15, 0.2) is 0 Å². The first kappa shape index (κ1) is 10.5. The number of hydrogen-bond acceptors (Lipinski definition) is 3. The second-order valence-electron chi connectivity index (χ2n) is 2.66. The smallest absolute Gasteiger partial charge is 0.312 e. The van der Waals surface area contributed by atoms with Crippen LogP contribution in [0.25, 0.3) is 0 Å². The highest BCUT2D eigenvalue weighted by atomic mass is 19.1. The van der Waals surface area contributed by atoms with Crippen LogP contribution in [0.4, 0.5) is 8.78 Å². The van der Waals surface area contributed by atoms with Crippen LogP contribution in [0.3, 0.4) is 0 Å². The summed E-state index contributed by atoms with van der Waals surface area (Å²) in [6, 6.07) is 0.737. The average molecular weight is 202 g/mol. The van der Waals surface area contributed by atoms with Gasteiger partial charge in [0, 0.05) is 18.2 Å². The molecule has 1 rings (SSSR count). The van der Waals surface area contributed by atoms with Gasteiger partial charge in [-0.25, -0.2) is 9.37 Å². The minimum Gasteiger partial charge on any atom is -0.481 e. The molecule has 3 N–H and O–H groups in total. The summed E-state index contributed by atoms with van der Waals surface area (Å²) in [5, 5.41) is 8.65. The molecule has 4 nitrogen and oxygen atoms in total. The van der Waals surface area contributed by atoms with E-state index in [0.29, 0.717) is 6.20 Å². The Morgan fingerprint density at radius 1 is 1.64 bits per heavy atom. The lowest BCUT2D eigenvalue weighted by molar-refractivity contribution is -0.138. The lowest BCUT2D eigenvalue weighted by Gasteiger charge is -2.10. The van der Waals surface area contributed by atoms with E-state index in [1.165, 1.54) is 0 Å². The summed E-state index contributed by atoms with van der Waals surface area (Å²) >= 11 is 0. The molecule has 0 aliphatic rings.